The number of aliphatic carboxylic acids is 1. The molecule has 35 heavy (non-hydrogen) atoms. The van der Waals surface area contributed by atoms with Gasteiger partial charge in [-0.15, -0.1) is 11.3 Å². The molecular weight excluding hydrogens is 481 g/mol. The number of ether oxygens (including phenoxy) is 1. The summed E-state index contributed by atoms with van der Waals surface area (Å²) in [5.74, 6) is -0.576. The molecule has 2 N–H and O–H groups in total. The first-order chi connectivity index (χ1) is 16.7. The highest BCUT2D eigenvalue weighted by molar-refractivity contribution is 7.12. The molecule has 4 rings (SSSR count). The average Bonchev–Trinajstić information content (AvgIpc) is 3.45. The molecule has 0 aliphatic carbocycles. The summed E-state index contributed by atoms with van der Waals surface area (Å²) in [5.41, 5.74) is 2.31. The van der Waals surface area contributed by atoms with Gasteiger partial charge < -0.3 is 20.1 Å². The van der Waals surface area contributed by atoms with Crippen LogP contribution in [0.4, 0.5) is 18.9 Å². The summed E-state index contributed by atoms with van der Waals surface area (Å²) in [4.78, 5) is 24.5. The highest BCUT2D eigenvalue weighted by Crippen LogP contribution is 2.43. The molecule has 1 amide bonds. The number of rotatable bonds is 9. The number of carboxylic acids is 1. The third kappa shape index (κ3) is 6.01. The highest BCUT2D eigenvalue weighted by atomic mass is 32.1. The van der Waals surface area contributed by atoms with E-state index in [4.69, 9.17) is 9.84 Å². The maximum atomic E-state index is 13.6. The lowest BCUT2D eigenvalue weighted by Gasteiger charge is -2.18. The number of carboxylic acid groups (broad SMARTS) is 1. The number of nitrogens with zero attached hydrogens (tertiary/aromatic N) is 1. The Hall–Kier alpha value is -3.37. The number of amides is 1. The van der Waals surface area contributed by atoms with Crippen molar-refractivity contribution in [3.8, 4) is 16.9 Å². The van der Waals surface area contributed by atoms with E-state index < -0.39 is 17.0 Å². The number of nitrogens with one attached hydrogen (secondary N) is 1. The first kappa shape index (κ1) is 24.7. The number of benzene rings is 2. The Bertz CT molecular complexity index is 1210. The number of anilines is 1. The van der Waals surface area contributed by atoms with Crippen LogP contribution in [0.1, 0.15) is 21.7 Å². The molecule has 6 nitrogen and oxygen atoms in total. The molecule has 2 heterocycles. The number of alkyl halides is 3. The second kappa shape index (κ2) is 10.5. The fourth-order valence-electron chi connectivity index (χ4n) is 3.92. The van der Waals surface area contributed by atoms with E-state index in [1.165, 1.54) is 6.07 Å². The number of halogens is 3. The second-order valence-electron chi connectivity index (χ2n) is 8.01. The van der Waals surface area contributed by atoms with Crippen molar-refractivity contribution in [1.29, 1.82) is 0 Å². The van der Waals surface area contributed by atoms with Crippen LogP contribution >= 0.6 is 11.3 Å². The lowest BCUT2D eigenvalue weighted by Crippen LogP contribution is -2.37. The van der Waals surface area contributed by atoms with Crippen molar-refractivity contribution in [3.63, 3.8) is 0 Å². The van der Waals surface area contributed by atoms with Gasteiger partial charge >= 0.3 is 12.1 Å². The molecule has 1 aliphatic heterocycles. The molecule has 0 fully saturated rings. The van der Waals surface area contributed by atoms with Gasteiger partial charge in [-0.3, -0.25) is 9.59 Å². The second-order valence-corrected chi connectivity index (χ2v) is 9.15. The monoisotopic (exact) mass is 504 g/mol. The van der Waals surface area contributed by atoms with Crippen molar-refractivity contribution in [2.45, 2.75) is 25.6 Å². The fraction of sp³-hybridized carbons (Fsp3) is 0.280. The average molecular weight is 505 g/mol. The first-order valence-electron chi connectivity index (χ1n) is 11.0. The van der Waals surface area contributed by atoms with E-state index in [0.717, 1.165) is 11.3 Å². The quantitative estimate of drug-likeness (QED) is 0.403. The molecule has 10 heteroatoms. The van der Waals surface area contributed by atoms with E-state index in [9.17, 15) is 22.8 Å². The number of fused-ring (bicyclic) bond motifs is 1. The molecule has 0 spiro atoms. The Kier molecular flexibility index (Phi) is 7.42. The van der Waals surface area contributed by atoms with E-state index in [1.54, 1.807) is 53.4 Å². The summed E-state index contributed by atoms with van der Waals surface area (Å²) < 4.78 is 46.6. The Morgan fingerprint density at radius 1 is 1.11 bits per heavy atom. The van der Waals surface area contributed by atoms with Crippen LogP contribution in [0.5, 0.6) is 5.75 Å². The van der Waals surface area contributed by atoms with E-state index in [0.29, 0.717) is 40.5 Å². The third-order valence-electron chi connectivity index (χ3n) is 5.55. The zero-order chi connectivity index (χ0) is 25.0. The Morgan fingerprint density at radius 2 is 1.89 bits per heavy atom. The fourth-order valence-corrected chi connectivity index (χ4v) is 4.88. The van der Waals surface area contributed by atoms with Crippen molar-refractivity contribution in [2.75, 3.05) is 24.5 Å². The van der Waals surface area contributed by atoms with E-state index >= 15 is 0 Å². The number of carbonyl (C=O) groups excluding carboxylic acids is 1. The number of hydrogen-bond donors (Lipinski definition) is 2. The topological polar surface area (TPSA) is 78.9 Å². The number of carbonyl (C=O) groups is 2. The summed E-state index contributed by atoms with van der Waals surface area (Å²) in [5, 5.41) is 11.5. The standard InChI is InChI=1S/C25H23F3N2O4S/c26-25(27,28)24-20(16-4-2-1-3-5-16)13-19(35-24)15-34-18-6-7-21-17(12-18)9-11-30(21)22(31)14-29-10-8-23(32)33/h1-7,12-13,29H,8-11,14-15H2,(H,32,33). The summed E-state index contributed by atoms with van der Waals surface area (Å²) in [6, 6.07) is 15.2. The van der Waals surface area contributed by atoms with E-state index in [2.05, 4.69) is 5.32 Å². The lowest BCUT2D eigenvalue weighted by atomic mass is 10.1. The predicted molar refractivity (Wildman–Crippen MR) is 127 cm³/mol. The Morgan fingerprint density at radius 3 is 2.60 bits per heavy atom. The molecule has 0 saturated carbocycles. The van der Waals surface area contributed by atoms with Gasteiger partial charge in [0.15, 0.2) is 0 Å². The molecule has 0 radical (unpaired) electrons. The van der Waals surface area contributed by atoms with Crippen molar-refractivity contribution in [2.24, 2.45) is 0 Å². The van der Waals surface area contributed by atoms with Crippen LogP contribution in [-0.4, -0.2) is 36.6 Å². The smallest absolute Gasteiger partial charge is 0.426 e. The third-order valence-corrected chi connectivity index (χ3v) is 6.70. The number of hydrogen-bond acceptors (Lipinski definition) is 5. The van der Waals surface area contributed by atoms with Crippen molar-refractivity contribution >= 4 is 28.9 Å². The lowest BCUT2D eigenvalue weighted by molar-refractivity contribution is -0.137. The minimum absolute atomic E-state index is 0.00446. The molecule has 0 atom stereocenters. The van der Waals surface area contributed by atoms with Crippen LogP contribution in [-0.2, 0) is 28.8 Å². The molecule has 0 unspecified atom stereocenters. The SMILES string of the molecule is O=C(O)CCNCC(=O)N1CCc2cc(OCc3cc(-c4ccccc4)c(C(F)(F)F)s3)ccc21. The highest BCUT2D eigenvalue weighted by Gasteiger charge is 2.36. The van der Waals surface area contributed by atoms with Crippen LogP contribution < -0.4 is 15.0 Å². The normalized spacial score (nSPS) is 13.1. The van der Waals surface area contributed by atoms with Gasteiger partial charge in [-0.25, -0.2) is 0 Å². The van der Waals surface area contributed by atoms with Crippen molar-refractivity contribution < 1.29 is 32.6 Å². The zero-order valence-corrected chi connectivity index (χ0v) is 19.4. The van der Waals surface area contributed by atoms with E-state index in [-0.39, 0.29) is 37.6 Å². The maximum absolute atomic E-state index is 13.6. The molecular formula is C25H23F3N2O4S. The van der Waals surface area contributed by atoms with Gasteiger partial charge in [-0.05, 0) is 41.8 Å². The van der Waals surface area contributed by atoms with Crippen LogP contribution in [0.2, 0.25) is 0 Å². The molecule has 1 aromatic heterocycles. The largest absolute Gasteiger partial charge is 0.488 e. The minimum atomic E-state index is -4.46. The molecule has 3 aromatic rings. The van der Waals surface area contributed by atoms with Gasteiger partial charge in [-0.1, -0.05) is 30.3 Å². The molecule has 184 valence electrons. The van der Waals surface area contributed by atoms with E-state index in [1.807, 2.05) is 0 Å². The van der Waals surface area contributed by atoms with Gasteiger partial charge in [0.2, 0.25) is 5.91 Å². The Balaban J connectivity index is 1.41. The summed E-state index contributed by atoms with van der Waals surface area (Å²) >= 11 is 0.675. The molecule has 0 saturated heterocycles. The molecule has 1 aliphatic rings. The van der Waals surface area contributed by atoms with Crippen LogP contribution in [0, 0.1) is 0 Å². The predicted octanol–water partition coefficient (Wildman–Crippen LogP) is 4.97. The van der Waals surface area contributed by atoms with Gasteiger partial charge in [0.1, 0.15) is 17.2 Å². The summed E-state index contributed by atoms with van der Waals surface area (Å²) in [7, 11) is 0. The van der Waals surface area contributed by atoms with Crippen molar-refractivity contribution in [3.05, 3.63) is 69.9 Å². The van der Waals surface area contributed by atoms with Crippen molar-refractivity contribution in [1.82, 2.24) is 5.32 Å². The van der Waals surface area contributed by atoms with Gasteiger partial charge in [-0.2, -0.15) is 13.2 Å². The van der Waals surface area contributed by atoms with Crippen LogP contribution in [0.15, 0.2) is 54.6 Å². The Labute approximate surface area is 204 Å². The van der Waals surface area contributed by atoms with Gasteiger partial charge in [0, 0.05) is 29.2 Å². The molecule has 0 bridgehead atoms. The van der Waals surface area contributed by atoms with Gasteiger partial charge in [0.05, 0.1) is 13.0 Å². The van der Waals surface area contributed by atoms with Crippen LogP contribution in [0.25, 0.3) is 11.1 Å². The number of thiophene rings is 1. The maximum Gasteiger partial charge on any atom is 0.426 e. The summed E-state index contributed by atoms with van der Waals surface area (Å²) in [6.45, 7) is 0.738. The zero-order valence-electron chi connectivity index (χ0n) is 18.6. The van der Waals surface area contributed by atoms with Gasteiger partial charge in [0.25, 0.3) is 0 Å². The first-order valence-corrected chi connectivity index (χ1v) is 11.8. The van der Waals surface area contributed by atoms with Crippen LogP contribution in [0.3, 0.4) is 0 Å². The minimum Gasteiger partial charge on any atom is -0.488 e. The molecule has 2 aromatic carbocycles. The summed E-state index contributed by atoms with van der Waals surface area (Å²) in [6.07, 6.45) is -3.89.